The lowest BCUT2D eigenvalue weighted by Gasteiger charge is -2.28. The molecule has 1 aliphatic heterocycles. The van der Waals surface area contributed by atoms with Gasteiger partial charge in [0, 0.05) is 6.61 Å². The molecule has 0 aliphatic carbocycles. The Hall–Kier alpha value is 0.310. The van der Waals surface area contributed by atoms with E-state index in [0.717, 1.165) is 18.4 Å². The van der Waals surface area contributed by atoms with Crippen LogP contribution in [0.15, 0.2) is 0 Å². The lowest BCUT2D eigenvalue weighted by atomic mass is 9.82. The fourth-order valence-electron chi connectivity index (χ4n) is 2.71. The Morgan fingerprint density at radius 2 is 2.19 bits per heavy atom. The van der Waals surface area contributed by atoms with Crippen LogP contribution in [-0.4, -0.2) is 24.7 Å². The van der Waals surface area contributed by atoms with Crippen molar-refractivity contribution in [2.45, 2.75) is 58.5 Å². The van der Waals surface area contributed by atoms with Gasteiger partial charge >= 0.3 is 0 Å². The monoisotopic (exact) mass is 244 g/mol. The lowest BCUT2D eigenvalue weighted by Crippen LogP contribution is -2.25. The zero-order valence-corrected chi connectivity index (χ0v) is 12.0. The van der Waals surface area contributed by atoms with Gasteiger partial charge in [-0.3, -0.25) is 0 Å². The van der Waals surface area contributed by atoms with E-state index in [-0.39, 0.29) is 0 Å². The van der Waals surface area contributed by atoms with Crippen molar-refractivity contribution in [3.8, 4) is 0 Å². The first-order valence-corrected chi connectivity index (χ1v) is 8.29. The van der Waals surface area contributed by atoms with Crippen LogP contribution in [0, 0.1) is 11.8 Å². The van der Waals surface area contributed by atoms with Gasteiger partial charge in [0.05, 0.1) is 6.10 Å². The van der Waals surface area contributed by atoms with Crippen molar-refractivity contribution in [3.63, 3.8) is 0 Å². The minimum Gasteiger partial charge on any atom is -0.378 e. The third kappa shape index (κ3) is 4.67. The highest BCUT2D eigenvalue weighted by Crippen LogP contribution is 2.32. The highest BCUT2D eigenvalue weighted by molar-refractivity contribution is 7.98. The Balaban J connectivity index is 2.31. The Labute approximate surface area is 106 Å². The number of hydrogen-bond acceptors (Lipinski definition) is 2. The molecule has 3 atom stereocenters. The van der Waals surface area contributed by atoms with E-state index in [9.17, 15) is 0 Å². The molecule has 0 aromatic carbocycles. The van der Waals surface area contributed by atoms with Crippen LogP contribution in [-0.2, 0) is 4.74 Å². The topological polar surface area (TPSA) is 9.23 Å². The molecule has 1 fully saturated rings. The Bertz CT molecular complexity index is 166. The SMILES string of the molecule is CCC(C)C(CCCCSC)C1CCCO1. The first-order chi connectivity index (χ1) is 7.79. The van der Waals surface area contributed by atoms with E-state index >= 15 is 0 Å². The van der Waals surface area contributed by atoms with Crippen LogP contribution in [0.25, 0.3) is 0 Å². The van der Waals surface area contributed by atoms with Crippen molar-refractivity contribution in [1.82, 2.24) is 0 Å². The summed E-state index contributed by atoms with van der Waals surface area (Å²) in [5.41, 5.74) is 0. The average molecular weight is 244 g/mol. The fraction of sp³-hybridized carbons (Fsp3) is 1.00. The molecule has 96 valence electrons. The predicted octanol–water partition coefficient (Wildman–Crippen LogP) is 4.36. The quantitative estimate of drug-likeness (QED) is 0.587. The summed E-state index contributed by atoms with van der Waals surface area (Å²) in [4.78, 5) is 0. The Morgan fingerprint density at radius 1 is 1.38 bits per heavy atom. The molecule has 1 rings (SSSR count). The average Bonchev–Trinajstić information content (AvgIpc) is 2.82. The summed E-state index contributed by atoms with van der Waals surface area (Å²) < 4.78 is 5.89. The maximum atomic E-state index is 5.89. The summed E-state index contributed by atoms with van der Waals surface area (Å²) in [6.07, 6.45) is 10.8. The highest BCUT2D eigenvalue weighted by atomic mass is 32.2. The van der Waals surface area contributed by atoms with Crippen LogP contribution in [0.4, 0.5) is 0 Å². The van der Waals surface area contributed by atoms with Crippen molar-refractivity contribution < 1.29 is 4.74 Å². The third-order valence-corrected chi connectivity index (χ3v) is 4.65. The molecule has 0 aromatic rings. The highest BCUT2D eigenvalue weighted by Gasteiger charge is 2.28. The van der Waals surface area contributed by atoms with E-state index in [4.69, 9.17) is 4.74 Å². The van der Waals surface area contributed by atoms with Gasteiger partial charge in [-0.05, 0) is 49.5 Å². The predicted molar refractivity (Wildman–Crippen MR) is 74.2 cm³/mol. The molecule has 16 heavy (non-hydrogen) atoms. The van der Waals surface area contributed by atoms with Gasteiger partial charge in [-0.25, -0.2) is 0 Å². The fourth-order valence-corrected chi connectivity index (χ4v) is 3.20. The Kier molecular flexibility index (Phi) is 7.55. The van der Waals surface area contributed by atoms with Crippen LogP contribution in [0.5, 0.6) is 0 Å². The van der Waals surface area contributed by atoms with E-state index in [0.29, 0.717) is 6.10 Å². The third-order valence-electron chi connectivity index (χ3n) is 3.95. The first kappa shape index (κ1) is 14.4. The summed E-state index contributed by atoms with van der Waals surface area (Å²) in [5, 5.41) is 0. The van der Waals surface area contributed by atoms with Crippen molar-refractivity contribution in [3.05, 3.63) is 0 Å². The van der Waals surface area contributed by atoms with E-state index in [1.807, 2.05) is 11.8 Å². The molecular weight excluding hydrogens is 216 g/mol. The molecule has 0 amide bonds. The molecule has 1 aliphatic rings. The molecule has 0 saturated carbocycles. The molecule has 0 spiro atoms. The zero-order chi connectivity index (χ0) is 11.8. The van der Waals surface area contributed by atoms with Gasteiger partial charge in [-0.2, -0.15) is 11.8 Å². The van der Waals surface area contributed by atoms with Gasteiger partial charge in [-0.15, -0.1) is 0 Å². The van der Waals surface area contributed by atoms with Gasteiger partial charge in [0.2, 0.25) is 0 Å². The van der Waals surface area contributed by atoms with Gasteiger partial charge in [0.25, 0.3) is 0 Å². The maximum Gasteiger partial charge on any atom is 0.0606 e. The van der Waals surface area contributed by atoms with Crippen molar-refractivity contribution in [2.75, 3.05) is 18.6 Å². The van der Waals surface area contributed by atoms with Gasteiger partial charge in [0.1, 0.15) is 0 Å². The number of unbranched alkanes of at least 4 members (excludes halogenated alkanes) is 1. The number of hydrogen-bond donors (Lipinski definition) is 0. The zero-order valence-electron chi connectivity index (χ0n) is 11.2. The molecule has 1 nitrogen and oxygen atoms in total. The van der Waals surface area contributed by atoms with Crippen LogP contribution in [0.2, 0.25) is 0 Å². The standard InChI is InChI=1S/C14H28OS/c1-4-12(2)13(8-5-6-11-16-3)14-9-7-10-15-14/h12-14H,4-11H2,1-3H3. The van der Waals surface area contributed by atoms with Crippen molar-refractivity contribution in [1.29, 1.82) is 0 Å². The van der Waals surface area contributed by atoms with Crippen LogP contribution in [0.1, 0.15) is 52.4 Å². The minimum atomic E-state index is 0.573. The minimum absolute atomic E-state index is 0.573. The van der Waals surface area contributed by atoms with Crippen LogP contribution in [0.3, 0.4) is 0 Å². The van der Waals surface area contributed by atoms with Gasteiger partial charge in [0.15, 0.2) is 0 Å². The van der Waals surface area contributed by atoms with Crippen molar-refractivity contribution >= 4 is 11.8 Å². The van der Waals surface area contributed by atoms with Gasteiger partial charge < -0.3 is 4.74 Å². The molecule has 1 saturated heterocycles. The lowest BCUT2D eigenvalue weighted by molar-refractivity contribution is 0.0354. The largest absolute Gasteiger partial charge is 0.378 e. The van der Waals surface area contributed by atoms with Crippen molar-refractivity contribution in [2.24, 2.45) is 11.8 Å². The second kappa shape index (κ2) is 8.41. The molecule has 0 radical (unpaired) electrons. The Morgan fingerprint density at radius 3 is 2.75 bits per heavy atom. The summed E-state index contributed by atoms with van der Waals surface area (Å²) in [6, 6.07) is 0. The molecule has 0 aromatic heterocycles. The van der Waals surface area contributed by atoms with Crippen LogP contribution >= 0.6 is 11.8 Å². The molecule has 2 heteroatoms. The molecular formula is C14H28OS. The second-order valence-electron chi connectivity index (χ2n) is 5.09. The van der Waals surface area contributed by atoms with Gasteiger partial charge in [-0.1, -0.05) is 26.7 Å². The summed E-state index contributed by atoms with van der Waals surface area (Å²) in [6.45, 7) is 5.72. The molecule has 3 unspecified atom stereocenters. The maximum absolute atomic E-state index is 5.89. The second-order valence-corrected chi connectivity index (χ2v) is 6.08. The molecule has 0 N–H and O–H groups in total. The number of thioether (sulfide) groups is 1. The summed E-state index contributed by atoms with van der Waals surface area (Å²) >= 11 is 1.97. The normalized spacial score (nSPS) is 24.6. The van der Waals surface area contributed by atoms with E-state index in [1.54, 1.807) is 0 Å². The van der Waals surface area contributed by atoms with E-state index < -0.39 is 0 Å². The first-order valence-electron chi connectivity index (χ1n) is 6.90. The molecule has 1 heterocycles. The smallest absolute Gasteiger partial charge is 0.0606 e. The summed E-state index contributed by atoms with van der Waals surface area (Å²) in [7, 11) is 0. The number of rotatable bonds is 8. The van der Waals surface area contributed by atoms with Crippen LogP contribution < -0.4 is 0 Å². The van der Waals surface area contributed by atoms with E-state index in [1.165, 1.54) is 44.3 Å². The molecule has 0 bridgehead atoms. The van der Waals surface area contributed by atoms with E-state index in [2.05, 4.69) is 20.1 Å². The number of ether oxygens (including phenoxy) is 1. The summed E-state index contributed by atoms with van der Waals surface area (Å²) in [5.74, 6) is 2.96.